The number of nitriles is 1. The molecule has 2 aromatic rings. The van der Waals surface area contributed by atoms with Gasteiger partial charge in [0.15, 0.2) is 0 Å². The fourth-order valence-electron chi connectivity index (χ4n) is 2.35. The summed E-state index contributed by atoms with van der Waals surface area (Å²) in [5.74, 6) is 0. The van der Waals surface area contributed by atoms with Gasteiger partial charge in [0.05, 0.1) is 18.7 Å². The number of pyridine rings is 1. The SMILES string of the molecule is CCOP(=O)(OCC)c1c(C(F)(F)F)c(C#N)n2ccccc12. The molecule has 0 bridgehead atoms. The van der Waals surface area contributed by atoms with Crippen LogP contribution < -0.4 is 5.30 Å². The molecule has 9 heteroatoms. The molecule has 23 heavy (non-hydrogen) atoms. The molecule has 0 aliphatic carbocycles. The molecule has 0 unspecified atom stereocenters. The third-order valence-electron chi connectivity index (χ3n) is 3.08. The quantitative estimate of drug-likeness (QED) is 0.774. The number of hydrogen-bond acceptors (Lipinski definition) is 4. The van der Waals surface area contributed by atoms with E-state index in [1.54, 1.807) is 0 Å². The van der Waals surface area contributed by atoms with Crippen LogP contribution in [-0.2, 0) is 19.8 Å². The van der Waals surface area contributed by atoms with Crippen LogP contribution in [0.15, 0.2) is 24.4 Å². The fraction of sp³-hybridized carbons (Fsp3) is 0.357. The highest BCUT2D eigenvalue weighted by molar-refractivity contribution is 7.62. The van der Waals surface area contributed by atoms with Crippen LogP contribution in [-0.4, -0.2) is 17.6 Å². The molecule has 0 N–H and O–H groups in total. The molecule has 0 aliphatic heterocycles. The Balaban J connectivity index is 2.97. The molecule has 0 radical (unpaired) electrons. The van der Waals surface area contributed by atoms with Gasteiger partial charge in [0, 0.05) is 6.20 Å². The number of fused-ring (bicyclic) bond motifs is 1. The molecule has 2 aromatic heterocycles. The van der Waals surface area contributed by atoms with Crippen LogP contribution in [0.1, 0.15) is 25.1 Å². The first-order chi connectivity index (χ1) is 10.8. The smallest absolute Gasteiger partial charge is 0.307 e. The average molecular weight is 346 g/mol. The Labute approximate surface area is 130 Å². The van der Waals surface area contributed by atoms with Crippen molar-refractivity contribution >= 4 is 18.4 Å². The van der Waals surface area contributed by atoms with Gasteiger partial charge < -0.3 is 13.4 Å². The zero-order chi connectivity index (χ0) is 17.3. The van der Waals surface area contributed by atoms with E-state index in [2.05, 4.69) is 0 Å². The first-order valence-corrected chi connectivity index (χ1v) is 8.34. The van der Waals surface area contributed by atoms with Crippen molar-refractivity contribution in [2.75, 3.05) is 13.2 Å². The number of hydrogen-bond donors (Lipinski definition) is 0. The Morgan fingerprint density at radius 3 is 2.35 bits per heavy atom. The maximum Gasteiger partial charge on any atom is 0.420 e. The Bertz CT molecular complexity index is 798. The topological polar surface area (TPSA) is 63.7 Å². The largest absolute Gasteiger partial charge is 0.420 e. The van der Waals surface area contributed by atoms with Crippen molar-refractivity contribution in [2.45, 2.75) is 20.0 Å². The highest BCUT2D eigenvalue weighted by atomic mass is 31.2. The highest BCUT2D eigenvalue weighted by Gasteiger charge is 2.46. The molecule has 0 amide bonds. The van der Waals surface area contributed by atoms with Crippen LogP contribution in [0.3, 0.4) is 0 Å². The monoisotopic (exact) mass is 346 g/mol. The molecular formula is C14H14F3N2O3P. The number of halogens is 3. The fourth-order valence-corrected chi connectivity index (χ4v) is 4.34. The van der Waals surface area contributed by atoms with Crippen LogP contribution in [0.25, 0.3) is 5.52 Å². The standard InChI is InChI=1S/C14H14F3N2O3P/c1-3-21-23(20,22-4-2)13-10-7-5-6-8-19(10)11(9-18)12(13)14(15,16)17/h5-8H,3-4H2,1-2H3. The van der Waals surface area contributed by atoms with Crippen molar-refractivity contribution in [3.05, 3.63) is 35.7 Å². The van der Waals surface area contributed by atoms with E-state index in [4.69, 9.17) is 9.05 Å². The van der Waals surface area contributed by atoms with Crippen molar-refractivity contribution in [1.29, 1.82) is 5.26 Å². The Morgan fingerprint density at radius 2 is 1.87 bits per heavy atom. The van der Waals surface area contributed by atoms with Crippen molar-refractivity contribution in [3.63, 3.8) is 0 Å². The Hall–Kier alpha value is -1.81. The van der Waals surface area contributed by atoms with Crippen molar-refractivity contribution < 1.29 is 26.8 Å². The van der Waals surface area contributed by atoms with E-state index in [-0.39, 0.29) is 18.7 Å². The first kappa shape index (κ1) is 17.5. The van der Waals surface area contributed by atoms with Crippen molar-refractivity contribution in [3.8, 4) is 6.07 Å². The molecule has 2 rings (SSSR count). The molecular weight excluding hydrogens is 332 g/mol. The highest BCUT2D eigenvalue weighted by Crippen LogP contribution is 2.52. The summed E-state index contributed by atoms with van der Waals surface area (Å²) in [7, 11) is -4.24. The van der Waals surface area contributed by atoms with Gasteiger partial charge in [-0.25, -0.2) is 0 Å². The van der Waals surface area contributed by atoms with Gasteiger partial charge in [-0.2, -0.15) is 18.4 Å². The summed E-state index contributed by atoms with van der Waals surface area (Å²) in [6.07, 6.45) is -3.58. The zero-order valence-electron chi connectivity index (χ0n) is 12.4. The lowest BCUT2D eigenvalue weighted by atomic mass is 10.2. The lowest BCUT2D eigenvalue weighted by Crippen LogP contribution is -2.21. The first-order valence-electron chi connectivity index (χ1n) is 6.80. The number of rotatable bonds is 5. The lowest BCUT2D eigenvalue weighted by Gasteiger charge is -2.19. The maximum absolute atomic E-state index is 13.5. The molecule has 0 aliphatic rings. The third-order valence-corrected chi connectivity index (χ3v) is 5.28. The summed E-state index contributed by atoms with van der Waals surface area (Å²) >= 11 is 0. The lowest BCUT2D eigenvalue weighted by molar-refractivity contribution is -0.137. The van der Waals surface area contributed by atoms with E-state index in [1.165, 1.54) is 44.3 Å². The summed E-state index contributed by atoms with van der Waals surface area (Å²) in [5, 5.41) is 8.56. The van der Waals surface area contributed by atoms with Gasteiger partial charge in [0.25, 0.3) is 0 Å². The molecule has 0 saturated heterocycles. The van der Waals surface area contributed by atoms with Crippen LogP contribution >= 0.6 is 7.60 Å². The van der Waals surface area contributed by atoms with E-state index < -0.39 is 30.3 Å². The van der Waals surface area contributed by atoms with Gasteiger partial charge >= 0.3 is 13.8 Å². The maximum atomic E-state index is 13.5. The summed E-state index contributed by atoms with van der Waals surface area (Å²) in [6.45, 7) is 2.81. The summed E-state index contributed by atoms with van der Waals surface area (Å²) in [4.78, 5) is 0. The van der Waals surface area contributed by atoms with Gasteiger partial charge in [-0.05, 0) is 26.0 Å². The van der Waals surface area contributed by atoms with Gasteiger partial charge in [0.1, 0.15) is 22.6 Å². The zero-order valence-corrected chi connectivity index (χ0v) is 13.3. The molecule has 0 spiro atoms. The van der Waals surface area contributed by atoms with Crippen LogP contribution in [0, 0.1) is 11.3 Å². The second-order valence-electron chi connectivity index (χ2n) is 4.47. The Morgan fingerprint density at radius 1 is 1.26 bits per heavy atom. The van der Waals surface area contributed by atoms with E-state index in [0.29, 0.717) is 0 Å². The van der Waals surface area contributed by atoms with Gasteiger partial charge in [-0.15, -0.1) is 0 Å². The molecule has 124 valence electrons. The minimum Gasteiger partial charge on any atom is -0.307 e. The molecule has 0 atom stereocenters. The van der Waals surface area contributed by atoms with Crippen LogP contribution in [0.5, 0.6) is 0 Å². The summed E-state index contributed by atoms with van der Waals surface area (Å²) in [5.41, 5.74) is -1.96. The second kappa shape index (κ2) is 6.36. The predicted octanol–water partition coefficient (Wildman–Crippen LogP) is 3.72. The van der Waals surface area contributed by atoms with E-state index >= 15 is 0 Å². The third kappa shape index (κ3) is 3.00. The summed E-state index contributed by atoms with van der Waals surface area (Å²) < 4.78 is 64.8. The van der Waals surface area contributed by atoms with Gasteiger partial charge in [-0.1, -0.05) is 6.07 Å². The summed E-state index contributed by atoms with van der Waals surface area (Å²) in [6, 6.07) is 5.84. The van der Waals surface area contributed by atoms with Crippen molar-refractivity contribution in [2.24, 2.45) is 0 Å². The second-order valence-corrected chi connectivity index (χ2v) is 6.43. The van der Waals surface area contributed by atoms with E-state index in [1.807, 2.05) is 0 Å². The predicted molar refractivity (Wildman–Crippen MR) is 77.6 cm³/mol. The molecule has 0 aromatic carbocycles. The number of nitrogens with zero attached hydrogens (tertiary/aromatic N) is 2. The normalized spacial score (nSPS) is 12.5. The molecule has 5 nitrogen and oxygen atoms in total. The van der Waals surface area contributed by atoms with Crippen molar-refractivity contribution in [1.82, 2.24) is 4.40 Å². The molecule has 0 fully saturated rings. The number of alkyl halides is 3. The van der Waals surface area contributed by atoms with Crippen LogP contribution in [0.2, 0.25) is 0 Å². The average Bonchev–Trinajstić information content (AvgIpc) is 2.82. The van der Waals surface area contributed by atoms with Gasteiger partial charge in [-0.3, -0.25) is 4.57 Å². The minimum absolute atomic E-state index is 0.0263. The van der Waals surface area contributed by atoms with Gasteiger partial charge in [0.2, 0.25) is 0 Å². The van der Waals surface area contributed by atoms with Crippen LogP contribution in [0.4, 0.5) is 13.2 Å². The minimum atomic E-state index is -4.88. The van der Waals surface area contributed by atoms with E-state index in [0.717, 1.165) is 4.40 Å². The Kier molecular flexibility index (Phi) is 4.85. The molecule has 0 saturated carbocycles. The van der Waals surface area contributed by atoms with E-state index in [9.17, 15) is 23.0 Å². The molecule has 2 heterocycles. The number of aromatic nitrogens is 1.